The molecule has 0 bridgehead atoms. The van der Waals surface area contributed by atoms with E-state index in [0.717, 1.165) is 17.0 Å². The molecule has 0 saturated carbocycles. The third-order valence-corrected chi connectivity index (χ3v) is 2.49. The highest BCUT2D eigenvalue weighted by molar-refractivity contribution is 5.88. The lowest BCUT2D eigenvalue weighted by Gasteiger charge is -2.11. The number of methoxy groups -OCH3 is 1. The highest BCUT2D eigenvalue weighted by atomic mass is 16.5. The first-order chi connectivity index (χ1) is 8.58. The second-order valence-corrected chi connectivity index (χ2v) is 3.86. The number of anilines is 1. The van der Waals surface area contributed by atoms with E-state index in [1.54, 1.807) is 14.0 Å². The number of rotatable bonds is 6. The summed E-state index contributed by atoms with van der Waals surface area (Å²) in [7, 11) is 1.63. The summed E-state index contributed by atoms with van der Waals surface area (Å²) in [4.78, 5) is 11.4. The molecule has 0 fully saturated rings. The molecule has 0 aliphatic heterocycles. The summed E-state index contributed by atoms with van der Waals surface area (Å²) in [6.45, 7) is 8.16. The van der Waals surface area contributed by atoms with Crippen molar-refractivity contribution >= 4 is 11.7 Å². The second kappa shape index (κ2) is 6.69. The Morgan fingerprint density at radius 3 is 2.72 bits per heavy atom. The van der Waals surface area contributed by atoms with Crippen molar-refractivity contribution in [3.63, 3.8) is 0 Å². The van der Waals surface area contributed by atoms with Gasteiger partial charge >= 0.3 is 5.97 Å². The van der Waals surface area contributed by atoms with E-state index in [0.29, 0.717) is 18.7 Å². The van der Waals surface area contributed by atoms with Gasteiger partial charge in [-0.05, 0) is 37.6 Å². The second-order valence-electron chi connectivity index (χ2n) is 3.86. The maximum Gasteiger partial charge on any atom is 0.335 e. The molecule has 0 atom stereocenters. The lowest BCUT2D eigenvalue weighted by Crippen LogP contribution is -2.15. The molecule has 0 spiro atoms. The van der Waals surface area contributed by atoms with Crippen molar-refractivity contribution in [1.82, 2.24) is 0 Å². The molecule has 0 aliphatic carbocycles. The average Bonchev–Trinajstić information content (AvgIpc) is 2.37. The van der Waals surface area contributed by atoms with Crippen LogP contribution in [0.25, 0.3) is 0 Å². The molecule has 18 heavy (non-hydrogen) atoms. The first kappa shape index (κ1) is 14.1. The number of benzene rings is 1. The van der Waals surface area contributed by atoms with Crippen molar-refractivity contribution in [2.45, 2.75) is 13.8 Å². The summed E-state index contributed by atoms with van der Waals surface area (Å²) in [5.74, 6) is 0.443. The molecule has 1 N–H and O–H groups in total. The fraction of sp³-hybridized carbons (Fsp3) is 0.357. The minimum atomic E-state index is -0.365. The Bertz CT molecular complexity index is 441. The van der Waals surface area contributed by atoms with Gasteiger partial charge in [0.05, 0.1) is 13.7 Å². The minimum Gasteiger partial charge on any atom is -0.497 e. The van der Waals surface area contributed by atoms with Crippen LogP contribution in [-0.2, 0) is 9.53 Å². The third kappa shape index (κ3) is 3.80. The Kier molecular flexibility index (Phi) is 5.24. The predicted octanol–water partition coefficient (Wildman–Crippen LogP) is 2.53. The van der Waals surface area contributed by atoms with Crippen LogP contribution in [0.2, 0.25) is 0 Å². The Morgan fingerprint density at radius 1 is 1.44 bits per heavy atom. The van der Waals surface area contributed by atoms with Gasteiger partial charge in [0.25, 0.3) is 0 Å². The van der Waals surface area contributed by atoms with Gasteiger partial charge in [-0.2, -0.15) is 0 Å². The van der Waals surface area contributed by atoms with Crippen LogP contribution in [0.15, 0.2) is 30.4 Å². The molecule has 0 aromatic heterocycles. The average molecular weight is 249 g/mol. The van der Waals surface area contributed by atoms with Crippen LogP contribution in [0.5, 0.6) is 5.75 Å². The zero-order valence-electron chi connectivity index (χ0n) is 11.1. The number of esters is 1. The molecule has 98 valence electrons. The molecular formula is C14H19NO3. The van der Waals surface area contributed by atoms with Crippen molar-refractivity contribution in [1.29, 1.82) is 0 Å². The van der Waals surface area contributed by atoms with Gasteiger partial charge in [0.1, 0.15) is 5.75 Å². The molecule has 0 radical (unpaired) electrons. The largest absolute Gasteiger partial charge is 0.497 e. The van der Waals surface area contributed by atoms with E-state index in [1.807, 2.05) is 25.1 Å². The molecule has 4 heteroatoms. The summed E-state index contributed by atoms with van der Waals surface area (Å²) in [6, 6.07) is 5.70. The SMILES string of the molecule is C=C(CNc1ccc(OC)cc1C)C(=O)OCC. The molecule has 1 aromatic carbocycles. The fourth-order valence-electron chi connectivity index (χ4n) is 1.47. The van der Waals surface area contributed by atoms with E-state index in [-0.39, 0.29) is 5.97 Å². The molecule has 0 heterocycles. The Balaban J connectivity index is 2.58. The first-order valence-electron chi connectivity index (χ1n) is 5.82. The van der Waals surface area contributed by atoms with Crippen LogP contribution in [0.3, 0.4) is 0 Å². The van der Waals surface area contributed by atoms with Gasteiger partial charge in [-0.3, -0.25) is 0 Å². The van der Waals surface area contributed by atoms with Gasteiger partial charge in [0.15, 0.2) is 0 Å². The summed E-state index contributed by atoms with van der Waals surface area (Å²) in [5.41, 5.74) is 2.40. The van der Waals surface area contributed by atoms with Gasteiger partial charge in [-0.1, -0.05) is 6.58 Å². The number of carbonyl (C=O) groups excluding carboxylic acids is 1. The van der Waals surface area contributed by atoms with Crippen LogP contribution in [0.4, 0.5) is 5.69 Å². The van der Waals surface area contributed by atoms with Crippen LogP contribution in [-0.4, -0.2) is 26.2 Å². The van der Waals surface area contributed by atoms with Crippen LogP contribution >= 0.6 is 0 Å². The van der Waals surface area contributed by atoms with E-state index >= 15 is 0 Å². The van der Waals surface area contributed by atoms with Gasteiger partial charge in [0.2, 0.25) is 0 Å². The number of hydrogen-bond acceptors (Lipinski definition) is 4. The van der Waals surface area contributed by atoms with E-state index < -0.39 is 0 Å². The molecule has 0 saturated heterocycles. The van der Waals surface area contributed by atoms with E-state index in [9.17, 15) is 4.79 Å². The monoisotopic (exact) mass is 249 g/mol. The zero-order valence-corrected chi connectivity index (χ0v) is 11.1. The molecule has 0 amide bonds. The molecule has 0 aliphatic rings. The maximum absolute atomic E-state index is 11.4. The fourth-order valence-corrected chi connectivity index (χ4v) is 1.47. The molecule has 1 aromatic rings. The van der Waals surface area contributed by atoms with E-state index in [2.05, 4.69) is 11.9 Å². The highest BCUT2D eigenvalue weighted by Crippen LogP contribution is 2.21. The highest BCUT2D eigenvalue weighted by Gasteiger charge is 2.08. The molecule has 1 rings (SSSR count). The van der Waals surface area contributed by atoms with E-state index in [4.69, 9.17) is 9.47 Å². The molecular weight excluding hydrogens is 230 g/mol. The summed E-state index contributed by atoms with van der Waals surface area (Å²) >= 11 is 0. The van der Waals surface area contributed by atoms with Crippen molar-refractivity contribution in [3.05, 3.63) is 35.9 Å². The van der Waals surface area contributed by atoms with Crippen molar-refractivity contribution in [3.8, 4) is 5.75 Å². The zero-order chi connectivity index (χ0) is 13.5. The lowest BCUT2D eigenvalue weighted by molar-refractivity contribution is -0.138. The normalized spacial score (nSPS) is 9.72. The standard InChI is InChI=1S/C14H19NO3/c1-5-18-14(16)11(3)9-15-13-7-6-12(17-4)8-10(13)2/h6-8,15H,3,5,9H2,1-2,4H3. The molecule has 0 unspecified atom stereocenters. The van der Waals surface area contributed by atoms with Gasteiger partial charge in [-0.15, -0.1) is 0 Å². The Hall–Kier alpha value is -1.97. The first-order valence-corrected chi connectivity index (χ1v) is 5.82. The number of aryl methyl sites for hydroxylation is 1. The van der Waals surface area contributed by atoms with Crippen molar-refractivity contribution in [2.75, 3.05) is 25.6 Å². The smallest absolute Gasteiger partial charge is 0.335 e. The number of hydrogen-bond donors (Lipinski definition) is 1. The lowest BCUT2D eigenvalue weighted by atomic mass is 10.2. The van der Waals surface area contributed by atoms with Crippen molar-refractivity contribution in [2.24, 2.45) is 0 Å². The maximum atomic E-state index is 11.4. The quantitative estimate of drug-likeness (QED) is 0.621. The van der Waals surface area contributed by atoms with Crippen LogP contribution in [0.1, 0.15) is 12.5 Å². The number of ether oxygens (including phenoxy) is 2. The Labute approximate surface area is 108 Å². The van der Waals surface area contributed by atoms with Gasteiger partial charge in [0, 0.05) is 17.8 Å². The number of carbonyl (C=O) groups is 1. The van der Waals surface area contributed by atoms with E-state index in [1.165, 1.54) is 0 Å². The summed E-state index contributed by atoms with van der Waals surface area (Å²) < 4.78 is 9.99. The van der Waals surface area contributed by atoms with Gasteiger partial charge in [-0.25, -0.2) is 4.79 Å². The predicted molar refractivity (Wildman–Crippen MR) is 72.0 cm³/mol. The summed E-state index contributed by atoms with van der Waals surface area (Å²) in [6.07, 6.45) is 0. The van der Waals surface area contributed by atoms with Crippen molar-refractivity contribution < 1.29 is 14.3 Å². The van der Waals surface area contributed by atoms with Gasteiger partial charge < -0.3 is 14.8 Å². The molecule has 4 nitrogen and oxygen atoms in total. The van der Waals surface area contributed by atoms with Crippen LogP contribution < -0.4 is 10.1 Å². The Morgan fingerprint density at radius 2 is 2.17 bits per heavy atom. The summed E-state index contributed by atoms with van der Waals surface area (Å²) in [5, 5.41) is 3.15. The van der Waals surface area contributed by atoms with Crippen LogP contribution in [0, 0.1) is 6.92 Å². The topological polar surface area (TPSA) is 47.6 Å². The number of nitrogens with one attached hydrogen (secondary N) is 1. The minimum absolute atomic E-state index is 0.361. The third-order valence-electron chi connectivity index (χ3n) is 2.49.